The predicted octanol–water partition coefficient (Wildman–Crippen LogP) is 2.56. The predicted molar refractivity (Wildman–Crippen MR) is 89.4 cm³/mol. The molecule has 0 heterocycles. The van der Waals surface area contributed by atoms with Crippen LogP contribution in [0, 0.1) is 0 Å². The Bertz CT molecular complexity index is 674. The second-order valence-electron chi connectivity index (χ2n) is 6.96. The Morgan fingerprint density at radius 3 is 2.43 bits per heavy atom. The zero-order valence-electron chi connectivity index (χ0n) is 13.9. The highest BCUT2D eigenvalue weighted by Crippen LogP contribution is 2.25. The number of ether oxygens (including phenoxy) is 1. The van der Waals surface area contributed by atoms with Crippen molar-refractivity contribution in [3.05, 3.63) is 24.3 Å². The van der Waals surface area contributed by atoms with Gasteiger partial charge in [0.15, 0.2) is 9.84 Å². The van der Waals surface area contributed by atoms with Gasteiger partial charge in [0.25, 0.3) is 0 Å². The molecule has 1 amide bonds. The lowest BCUT2D eigenvalue weighted by atomic mass is 9.86. The second kappa shape index (κ2) is 6.39. The average molecular weight is 340 g/mol. The van der Waals surface area contributed by atoms with Crippen LogP contribution in [-0.2, 0) is 14.6 Å². The van der Waals surface area contributed by atoms with Crippen molar-refractivity contribution in [3.63, 3.8) is 0 Å². The number of hydrogen-bond acceptors (Lipinski definition) is 5. The van der Waals surface area contributed by atoms with Crippen molar-refractivity contribution in [2.45, 2.75) is 56.2 Å². The Morgan fingerprint density at radius 2 is 1.87 bits per heavy atom. The summed E-state index contributed by atoms with van der Waals surface area (Å²) in [6.07, 6.45) is 2.35. The van der Waals surface area contributed by atoms with E-state index >= 15 is 0 Å². The molecule has 0 aromatic heterocycles. The summed E-state index contributed by atoms with van der Waals surface area (Å²) in [7, 11) is -3.21. The van der Waals surface area contributed by atoms with Crippen LogP contribution in [0.3, 0.4) is 0 Å². The van der Waals surface area contributed by atoms with Crippen LogP contribution < -0.4 is 10.6 Å². The number of carbonyl (C=O) groups excluding carboxylic acids is 1. The largest absolute Gasteiger partial charge is 0.444 e. The number of sulfone groups is 1. The van der Waals surface area contributed by atoms with Crippen LogP contribution in [0.2, 0.25) is 0 Å². The van der Waals surface area contributed by atoms with Crippen molar-refractivity contribution in [2.24, 2.45) is 0 Å². The Morgan fingerprint density at radius 1 is 1.22 bits per heavy atom. The molecule has 7 heteroatoms. The number of nitrogens with one attached hydrogen (secondary N) is 2. The van der Waals surface area contributed by atoms with Gasteiger partial charge in [-0.05, 0) is 51.8 Å². The Hall–Kier alpha value is -1.76. The number of anilines is 1. The van der Waals surface area contributed by atoms with Crippen LogP contribution in [0.4, 0.5) is 10.5 Å². The van der Waals surface area contributed by atoms with Crippen LogP contribution in [-0.4, -0.2) is 38.5 Å². The maximum Gasteiger partial charge on any atom is 0.407 e. The summed E-state index contributed by atoms with van der Waals surface area (Å²) in [6.45, 7) is 5.48. The molecule has 0 atom stereocenters. The van der Waals surface area contributed by atoms with Crippen molar-refractivity contribution in [1.29, 1.82) is 0 Å². The monoisotopic (exact) mass is 340 g/mol. The van der Waals surface area contributed by atoms with E-state index in [1.54, 1.807) is 18.2 Å². The van der Waals surface area contributed by atoms with E-state index in [1.807, 2.05) is 26.8 Å². The smallest absolute Gasteiger partial charge is 0.407 e. The molecule has 0 radical (unpaired) electrons. The summed E-state index contributed by atoms with van der Waals surface area (Å²) in [6, 6.07) is 7.06. The lowest BCUT2D eigenvalue weighted by Gasteiger charge is -2.37. The quantitative estimate of drug-likeness (QED) is 0.880. The summed E-state index contributed by atoms with van der Waals surface area (Å²) < 4.78 is 28.3. The third-order valence-corrected chi connectivity index (χ3v) is 4.60. The third-order valence-electron chi connectivity index (χ3n) is 3.49. The van der Waals surface area contributed by atoms with Crippen molar-refractivity contribution >= 4 is 21.6 Å². The van der Waals surface area contributed by atoms with Crippen molar-refractivity contribution < 1.29 is 17.9 Å². The van der Waals surface area contributed by atoms with Crippen LogP contribution in [0.5, 0.6) is 0 Å². The maximum atomic E-state index is 11.7. The van der Waals surface area contributed by atoms with E-state index < -0.39 is 21.5 Å². The zero-order valence-corrected chi connectivity index (χ0v) is 14.7. The molecular weight excluding hydrogens is 316 g/mol. The van der Waals surface area contributed by atoms with Gasteiger partial charge in [0, 0.05) is 24.0 Å². The molecule has 1 aromatic carbocycles. The number of benzene rings is 1. The first kappa shape index (κ1) is 17.6. The van der Waals surface area contributed by atoms with Gasteiger partial charge in [0.2, 0.25) is 0 Å². The molecule has 0 saturated heterocycles. The van der Waals surface area contributed by atoms with Crippen LogP contribution in [0.15, 0.2) is 29.2 Å². The molecule has 0 unspecified atom stereocenters. The van der Waals surface area contributed by atoms with Gasteiger partial charge in [-0.25, -0.2) is 13.2 Å². The van der Waals surface area contributed by atoms with E-state index in [0.29, 0.717) is 4.90 Å². The number of carbonyl (C=O) groups is 1. The molecule has 1 aliphatic carbocycles. The van der Waals surface area contributed by atoms with Crippen LogP contribution in [0.1, 0.15) is 33.6 Å². The summed E-state index contributed by atoms with van der Waals surface area (Å²) in [5.74, 6) is 0. The van der Waals surface area contributed by atoms with Crippen LogP contribution in [0.25, 0.3) is 0 Å². The number of alkyl carbamates (subject to hydrolysis) is 1. The molecule has 0 bridgehead atoms. The minimum absolute atomic E-state index is 0.0837. The molecule has 1 aromatic rings. The van der Waals surface area contributed by atoms with E-state index in [4.69, 9.17) is 4.74 Å². The van der Waals surface area contributed by atoms with E-state index in [2.05, 4.69) is 10.6 Å². The highest BCUT2D eigenvalue weighted by molar-refractivity contribution is 7.90. The molecule has 1 aliphatic rings. The van der Waals surface area contributed by atoms with E-state index in [0.717, 1.165) is 18.5 Å². The number of rotatable bonds is 4. The van der Waals surface area contributed by atoms with Gasteiger partial charge in [-0.1, -0.05) is 6.07 Å². The molecule has 6 nitrogen and oxygen atoms in total. The first-order chi connectivity index (χ1) is 10.5. The van der Waals surface area contributed by atoms with E-state index in [-0.39, 0.29) is 12.1 Å². The average Bonchev–Trinajstić information content (AvgIpc) is 2.33. The zero-order chi connectivity index (χ0) is 17.3. The van der Waals surface area contributed by atoms with Gasteiger partial charge in [0.1, 0.15) is 5.60 Å². The standard InChI is InChI=1S/C16H24N2O4S/c1-16(2,3)22-15(19)18-13-8-12(9-13)17-11-6-5-7-14(10-11)23(4,20)21/h5-7,10,12-13,17H,8-9H2,1-4H3,(H,18,19). The van der Waals surface area contributed by atoms with Crippen molar-refractivity contribution in [3.8, 4) is 0 Å². The normalized spacial score (nSPS) is 21.2. The summed E-state index contributed by atoms with van der Waals surface area (Å²) in [4.78, 5) is 12.0. The van der Waals surface area contributed by atoms with Gasteiger partial charge in [0.05, 0.1) is 4.90 Å². The topological polar surface area (TPSA) is 84.5 Å². The van der Waals surface area contributed by atoms with E-state index in [9.17, 15) is 13.2 Å². The minimum Gasteiger partial charge on any atom is -0.444 e. The molecule has 0 spiro atoms. The van der Waals surface area contributed by atoms with E-state index in [1.165, 1.54) is 6.26 Å². The fourth-order valence-corrected chi connectivity index (χ4v) is 3.05. The minimum atomic E-state index is -3.21. The van der Waals surface area contributed by atoms with Crippen molar-refractivity contribution in [2.75, 3.05) is 11.6 Å². The molecule has 2 N–H and O–H groups in total. The first-order valence-corrected chi connectivity index (χ1v) is 9.48. The highest BCUT2D eigenvalue weighted by Gasteiger charge is 2.31. The summed E-state index contributed by atoms with van der Waals surface area (Å²) in [5.41, 5.74) is 0.269. The Kier molecular flexibility index (Phi) is 4.89. The molecule has 23 heavy (non-hydrogen) atoms. The van der Waals surface area contributed by atoms with Gasteiger partial charge < -0.3 is 15.4 Å². The van der Waals surface area contributed by atoms with Gasteiger partial charge >= 0.3 is 6.09 Å². The molecule has 2 rings (SSSR count). The third kappa shape index (κ3) is 5.42. The molecule has 1 fully saturated rings. The van der Waals surface area contributed by atoms with Gasteiger partial charge in [-0.15, -0.1) is 0 Å². The van der Waals surface area contributed by atoms with Crippen molar-refractivity contribution in [1.82, 2.24) is 5.32 Å². The fourth-order valence-electron chi connectivity index (χ4n) is 2.38. The fraction of sp³-hybridized carbons (Fsp3) is 0.562. The lowest BCUT2D eigenvalue weighted by Crippen LogP contribution is -2.50. The van der Waals surface area contributed by atoms with Crippen LogP contribution >= 0.6 is 0 Å². The molecule has 128 valence electrons. The van der Waals surface area contributed by atoms with Gasteiger partial charge in [-0.2, -0.15) is 0 Å². The van der Waals surface area contributed by atoms with Gasteiger partial charge in [-0.3, -0.25) is 0 Å². The summed E-state index contributed by atoms with van der Waals surface area (Å²) >= 11 is 0. The molecule has 0 aliphatic heterocycles. The SMILES string of the molecule is CC(C)(C)OC(=O)NC1CC(Nc2cccc(S(C)(=O)=O)c2)C1. The maximum absolute atomic E-state index is 11.7. The molecule has 1 saturated carbocycles. The lowest BCUT2D eigenvalue weighted by molar-refractivity contribution is 0.0475. The Balaban J connectivity index is 1.82. The highest BCUT2D eigenvalue weighted by atomic mass is 32.2. The summed E-state index contributed by atoms with van der Waals surface area (Å²) in [5, 5.41) is 6.11. The second-order valence-corrected chi connectivity index (χ2v) is 8.97. The molecular formula is C16H24N2O4S. The number of hydrogen-bond donors (Lipinski definition) is 2. The number of amides is 1. The Labute approximate surface area is 137 Å². The first-order valence-electron chi connectivity index (χ1n) is 7.59.